The van der Waals surface area contributed by atoms with Crippen molar-refractivity contribution in [1.82, 2.24) is 0 Å². The summed E-state index contributed by atoms with van der Waals surface area (Å²) >= 11 is 0. The van der Waals surface area contributed by atoms with Gasteiger partial charge in [0.2, 0.25) is 10.0 Å². The van der Waals surface area contributed by atoms with Crippen LogP contribution in [0.5, 0.6) is 5.75 Å². The Hall–Kier alpha value is -1.80. The fraction of sp³-hybridized carbons (Fsp3) is 0.417. The number of anilines is 1. The van der Waals surface area contributed by atoms with Crippen LogP contribution >= 0.6 is 0 Å². The van der Waals surface area contributed by atoms with Crippen LogP contribution in [0.2, 0.25) is 0 Å². The number of ether oxygens (including phenoxy) is 3. The zero-order valence-corrected chi connectivity index (χ0v) is 12.1. The number of methoxy groups -OCH3 is 1. The molecule has 0 unspecified atom stereocenters. The van der Waals surface area contributed by atoms with Gasteiger partial charge in [-0.2, -0.15) is 0 Å². The van der Waals surface area contributed by atoms with Gasteiger partial charge in [0, 0.05) is 12.8 Å². The van der Waals surface area contributed by atoms with E-state index in [9.17, 15) is 13.2 Å². The maximum Gasteiger partial charge on any atom is 0.323 e. The Bertz CT molecular complexity index is 525. The SMILES string of the molecule is CCOC(=O)CS(=O)(=O)Nc1ccc(OCOC)cc1. The summed E-state index contributed by atoms with van der Waals surface area (Å²) < 4.78 is 40.1. The van der Waals surface area contributed by atoms with Gasteiger partial charge in [-0.25, -0.2) is 8.42 Å². The summed E-state index contributed by atoms with van der Waals surface area (Å²) in [6.07, 6.45) is 0. The van der Waals surface area contributed by atoms with Gasteiger partial charge in [0.25, 0.3) is 0 Å². The zero-order valence-electron chi connectivity index (χ0n) is 11.3. The fourth-order valence-electron chi connectivity index (χ4n) is 1.32. The summed E-state index contributed by atoms with van der Waals surface area (Å²) in [6, 6.07) is 6.21. The third-order valence-corrected chi connectivity index (χ3v) is 3.25. The smallest absolute Gasteiger partial charge is 0.323 e. The first-order valence-corrected chi connectivity index (χ1v) is 7.50. The van der Waals surface area contributed by atoms with E-state index in [1.165, 1.54) is 19.2 Å². The molecule has 0 atom stereocenters. The number of hydrogen-bond acceptors (Lipinski definition) is 6. The largest absolute Gasteiger partial charge is 0.468 e. The highest BCUT2D eigenvalue weighted by Gasteiger charge is 2.17. The van der Waals surface area contributed by atoms with Gasteiger partial charge >= 0.3 is 5.97 Å². The van der Waals surface area contributed by atoms with E-state index in [0.29, 0.717) is 11.4 Å². The molecule has 7 nitrogen and oxygen atoms in total. The van der Waals surface area contributed by atoms with E-state index in [2.05, 4.69) is 9.46 Å². The normalized spacial score (nSPS) is 10.9. The number of esters is 1. The van der Waals surface area contributed by atoms with Crippen LogP contribution in [-0.2, 0) is 24.3 Å². The lowest BCUT2D eigenvalue weighted by molar-refractivity contribution is -0.139. The number of carbonyl (C=O) groups is 1. The van der Waals surface area contributed by atoms with Crippen LogP contribution in [0, 0.1) is 0 Å². The van der Waals surface area contributed by atoms with Crippen LogP contribution in [0.4, 0.5) is 5.69 Å². The number of sulfonamides is 1. The molecule has 0 spiro atoms. The molecule has 0 aromatic heterocycles. The highest BCUT2D eigenvalue weighted by molar-refractivity contribution is 7.93. The fourth-order valence-corrected chi connectivity index (χ4v) is 2.28. The molecule has 0 saturated carbocycles. The van der Waals surface area contributed by atoms with E-state index in [-0.39, 0.29) is 13.4 Å². The molecule has 0 saturated heterocycles. The second-order valence-corrected chi connectivity index (χ2v) is 5.46. The molecule has 0 fully saturated rings. The minimum absolute atomic E-state index is 0.105. The van der Waals surface area contributed by atoms with Crippen LogP contribution in [-0.4, -0.2) is 40.6 Å². The van der Waals surface area contributed by atoms with E-state index >= 15 is 0 Å². The second-order valence-electron chi connectivity index (χ2n) is 3.74. The van der Waals surface area contributed by atoms with Crippen molar-refractivity contribution in [3.63, 3.8) is 0 Å². The summed E-state index contributed by atoms with van der Waals surface area (Å²) in [6.45, 7) is 1.85. The van der Waals surface area contributed by atoms with Crippen LogP contribution in [0.1, 0.15) is 6.92 Å². The molecular weight excluding hydrogens is 286 g/mol. The summed E-state index contributed by atoms with van der Waals surface area (Å²) in [7, 11) is -2.28. The molecular formula is C12H17NO6S. The van der Waals surface area contributed by atoms with Crippen molar-refractivity contribution < 1.29 is 27.4 Å². The van der Waals surface area contributed by atoms with E-state index in [0.717, 1.165) is 0 Å². The van der Waals surface area contributed by atoms with Gasteiger partial charge in [-0.3, -0.25) is 9.52 Å². The molecule has 1 N–H and O–H groups in total. The van der Waals surface area contributed by atoms with Gasteiger partial charge in [-0.1, -0.05) is 0 Å². The molecule has 0 bridgehead atoms. The highest BCUT2D eigenvalue weighted by Crippen LogP contribution is 2.16. The van der Waals surface area contributed by atoms with E-state index in [1.807, 2.05) is 0 Å². The molecule has 0 aliphatic heterocycles. The number of hydrogen-bond donors (Lipinski definition) is 1. The average Bonchev–Trinajstić information content (AvgIpc) is 2.37. The first-order valence-electron chi connectivity index (χ1n) is 5.84. The van der Waals surface area contributed by atoms with E-state index < -0.39 is 21.7 Å². The zero-order chi connectivity index (χ0) is 15.0. The van der Waals surface area contributed by atoms with Crippen molar-refractivity contribution in [2.24, 2.45) is 0 Å². The van der Waals surface area contributed by atoms with Gasteiger partial charge in [-0.15, -0.1) is 0 Å². The lowest BCUT2D eigenvalue weighted by atomic mass is 10.3. The number of rotatable bonds is 8. The minimum atomic E-state index is -3.78. The number of carbonyl (C=O) groups excluding carboxylic acids is 1. The molecule has 112 valence electrons. The van der Waals surface area contributed by atoms with Gasteiger partial charge in [0.15, 0.2) is 12.5 Å². The van der Waals surface area contributed by atoms with Crippen LogP contribution in [0.3, 0.4) is 0 Å². The third-order valence-electron chi connectivity index (χ3n) is 2.08. The van der Waals surface area contributed by atoms with Gasteiger partial charge in [0.1, 0.15) is 5.75 Å². The number of benzene rings is 1. The van der Waals surface area contributed by atoms with Crippen LogP contribution in [0.25, 0.3) is 0 Å². The minimum Gasteiger partial charge on any atom is -0.468 e. The molecule has 1 aromatic rings. The Labute approximate surface area is 117 Å². The van der Waals surface area contributed by atoms with Crippen LogP contribution in [0.15, 0.2) is 24.3 Å². The Morgan fingerprint density at radius 1 is 1.25 bits per heavy atom. The summed E-state index contributed by atoms with van der Waals surface area (Å²) in [5, 5.41) is 0. The van der Waals surface area contributed by atoms with Crippen molar-refractivity contribution in [2.75, 3.05) is 31.0 Å². The predicted molar refractivity (Wildman–Crippen MR) is 73.0 cm³/mol. The first-order chi connectivity index (χ1) is 9.46. The summed E-state index contributed by atoms with van der Waals surface area (Å²) in [5.41, 5.74) is 0.332. The van der Waals surface area contributed by atoms with Crippen LogP contribution < -0.4 is 9.46 Å². The Morgan fingerprint density at radius 3 is 2.45 bits per heavy atom. The van der Waals surface area contributed by atoms with Gasteiger partial charge in [-0.05, 0) is 31.2 Å². The van der Waals surface area contributed by atoms with Crippen molar-refractivity contribution in [3.05, 3.63) is 24.3 Å². The van der Waals surface area contributed by atoms with Crippen molar-refractivity contribution in [1.29, 1.82) is 0 Å². The Morgan fingerprint density at radius 2 is 1.90 bits per heavy atom. The first kappa shape index (κ1) is 16.3. The lowest BCUT2D eigenvalue weighted by Crippen LogP contribution is -2.24. The lowest BCUT2D eigenvalue weighted by Gasteiger charge is -2.09. The maximum absolute atomic E-state index is 11.7. The molecule has 8 heteroatoms. The quantitative estimate of drug-likeness (QED) is 0.568. The molecule has 1 rings (SSSR count). The second kappa shape index (κ2) is 7.71. The molecule has 0 amide bonds. The molecule has 0 aliphatic carbocycles. The molecule has 20 heavy (non-hydrogen) atoms. The standard InChI is InChI=1S/C12H17NO6S/c1-3-18-12(14)8-20(15,16)13-10-4-6-11(7-5-10)19-9-17-2/h4-7,13H,3,8-9H2,1-2H3. The summed E-state index contributed by atoms with van der Waals surface area (Å²) in [4.78, 5) is 11.1. The topological polar surface area (TPSA) is 90.9 Å². The third kappa shape index (κ3) is 5.89. The molecule has 0 heterocycles. The van der Waals surface area contributed by atoms with E-state index in [4.69, 9.17) is 9.47 Å². The van der Waals surface area contributed by atoms with Gasteiger partial charge < -0.3 is 14.2 Å². The van der Waals surface area contributed by atoms with Crippen molar-refractivity contribution >= 4 is 21.7 Å². The van der Waals surface area contributed by atoms with E-state index in [1.54, 1.807) is 19.1 Å². The number of nitrogens with one attached hydrogen (secondary N) is 1. The molecule has 1 aromatic carbocycles. The average molecular weight is 303 g/mol. The Balaban J connectivity index is 2.61. The molecule has 0 aliphatic rings. The highest BCUT2D eigenvalue weighted by atomic mass is 32.2. The summed E-state index contributed by atoms with van der Waals surface area (Å²) in [5.74, 6) is -0.969. The predicted octanol–water partition coefficient (Wildman–Crippen LogP) is 0.974. The monoisotopic (exact) mass is 303 g/mol. The van der Waals surface area contributed by atoms with Gasteiger partial charge in [0.05, 0.1) is 6.61 Å². The maximum atomic E-state index is 11.7. The molecule has 0 radical (unpaired) electrons. The van der Waals surface area contributed by atoms with Crippen molar-refractivity contribution in [2.45, 2.75) is 6.92 Å². The van der Waals surface area contributed by atoms with Crippen molar-refractivity contribution in [3.8, 4) is 5.75 Å². The Kier molecular flexibility index (Phi) is 6.26.